The topological polar surface area (TPSA) is 32.3 Å². The fourth-order valence-electron chi connectivity index (χ4n) is 0.963. The van der Waals surface area contributed by atoms with Crippen LogP contribution in [0.25, 0.3) is 6.08 Å². The number of phenols is 1. The smallest absolute Gasteiger partial charge is 0.116 e. The van der Waals surface area contributed by atoms with Gasteiger partial charge in [-0.1, -0.05) is 23.8 Å². The van der Waals surface area contributed by atoms with Crippen molar-refractivity contribution in [3.63, 3.8) is 0 Å². The highest BCUT2D eigenvalue weighted by Crippen LogP contribution is 2.21. The zero-order chi connectivity index (χ0) is 9.68. The molecule has 0 radical (unpaired) electrons. The van der Waals surface area contributed by atoms with Crippen molar-refractivity contribution >= 4 is 17.7 Å². The highest BCUT2D eigenvalue weighted by Gasteiger charge is 1.96. The first-order valence-electron chi connectivity index (χ1n) is 4.03. The molecule has 0 heterocycles. The van der Waals surface area contributed by atoms with E-state index < -0.39 is 0 Å². The summed E-state index contributed by atoms with van der Waals surface area (Å²) < 4.78 is 0. The van der Waals surface area contributed by atoms with Crippen LogP contribution < -0.4 is 5.32 Å². The number of hydrogen-bond donors (Lipinski definition) is 2. The molecule has 13 heavy (non-hydrogen) atoms. The standard InChI is InChI=1S/C10H12ClNO/c1-12-6-2-3-8-7-9(13)4-5-10(8)11/h2-5,7,12-13H,6H2,1H3. The maximum Gasteiger partial charge on any atom is 0.116 e. The van der Waals surface area contributed by atoms with Crippen LogP contribution in [0.2, 0.25) is 5.02 Å². The number of hydrogen-bond acceptors (Lipinski definition) is 2. The van der Waals surface area contributed by atoms with E-state index in [4.69, 9.17) is 11.6 Å². The lowest BCUT2D eigenvalue weighted by Gasteiger charge is -1.98. The van der Waals surface area contributed by atoms with Gasteiger partial charge in [-0.3, -0.25) is 0 Å². The van der Waals surface area contributed by atoms with Crippen LogP contribution in [0.5, 0.6) is 5.75 Å². The van der Waals surface area contributed by atoms with Gasteiger partial charge in [0.1, 0.15) is 5.75 Å². The van der Waals surface area contributed by atoms with Crippen LogP contribution >= 0.6 is 11.6 Å². The predicted molar refractivity (Wildman–Crippen MR) is 56.1 cm³/mol. The molecular weight excluding hydrogens is 186 g/mol. The van der Waals surface area contributed by atoms with E-state index in [1.165, 1.54) is 0 Å². The Bertz CT molecular complexity index is 310. The molecule has 0 aliphatic carbocycles. The Hall–Kier alpha value is -0.990. The molecule has 0 saturated carbocycles. The number of phenolic OH excluding ortho intramolecular Hbond substituents is 1. The monoisotopic (exact) mass is 197 g/mol. The van der Waals surface area contributed by atoms with Crippen LogP contribution in [0.4, 0.5) is 0 Å². The quantitative estimate of drug-likeness (QED) is 0.779. The minimum absolute atomic E-state index is 0.230. The molecule has 2 nitrogen and oxygen atoms in total. The molecule has 0 bridgehead atoms. The normalized spacial score (nSPS) is 10.9. The summed E-state index contributed by atoms with van der Waals surface area (Å²) >= 11 is 5.89. The molecule has 1 aromatic rings. The van der Waals surface area contributed by atoms with Crippen LogP contribution in [0.1, 0.15) is 5.56 Å². The third-order valence-electron chi connectivity index (χ3n) is 1.60. The van der Waals surface area contributed by atoms with Gasteiger partial charge in [-0.15, -0.1) is 0 Å². The van der Waals surface area contributed by atoms with Crippen LogP contribution in [0.15, 0.2) is 24.3 Å². The van der Waals surface area contributed by atoms with Gasteiger partial charge in [0.05, 0.1) is 0 Å². The lowest BCUT2D eigenvalue weighted by molar-refractivity contribution is 0.475. The molecule has 0 amide bonds. The summed E-state index contributed by atoms with van der Waals surface area (Å²) in [7, 11) is 1.87. The molecule has 2 N–H and O–H groups in total. The van der Waals surface area contributed by atoms with Crippen molar-refractivity contribution in [3.8, 4) is 5.75 Å². The number of likely N-dealkylation sites (N-methyl/N-ethyl adjacent to an activating group) is 1. The van der Waals surface area contributed by atoms with Crippen molar-refractivity contribution < 1.29 is 5.11 Å². The average Bonchev–Trinajstić information content (AvgIpc) is 2.11. The fraction of sp³-hybridized carbons (Fsp3) is 0.200. The lowest BCUT2D eigenvalue weighted by atomic mass is 10.2. The minimum Gasteiger partial charge on any atom is -0.508 e. The van der Waals surface area contributed by atoms with Crippen molar-refractivity contribution in [1.82, 2.24) is 5.32 Å². The van der Waals surface area contributed by atoms with Gasteiger partial charge < -0.3 is 10.4 Å². The van der Waals surface area contributed by atoms with Gasteiger partial charge in [-0.2, -0.15) is 0 Å². The van der Waals surface area contributed by atoms with Crippen molar-refractivity contribution in [3.05, 3.63) is 34.9 Å². The van der Waals surface area contributed by atoms with Crippen LogP contribution in [0, 0.1) is 0 Å². The minimum atomic E-state index is 0.230. The van der Waals surface area contributed by atoms with Gasteiger partial charge >= 0.3 is 0 Å². The molecule has 0 spiro atoms. The van der Waals surface area contributed by atoms with Crippen LogP contribution in [-0.4, -0.2) is 18.7 Å². The second-order valence-corrected chi connectivity index (χ2v) is 3.07. The average molecular weight is 198 g/mol. The van der Waals surface area contributed by atoms with Crippen LogP contribution in [-0.2, 0) is 0 Å². The van der Waals surface area contributed by atoms with E-state index in [0.29, 0.717) is 5.02 Å². The number of benzene rings is 1. The summed E-state index contributed by atoms with van der Waals surface area (Å²) in [4.78, 5) is 0. The summed E-state index contributed by atoms with van der Waals surface area (Å²) in [5.41, 5.74) is 0.830. The van der Waals surface area contributed by atoms with Gasteiger partial charge in [0, 0.05) is 11.6 Å². The summed E-state index contributed by atoms with van der Waals surface area (Å²) in [5, 5.41) is 12.8. The second kappa shape index (κ2) is 4.90. The molecular formula is C10H12ClNO. The highest BCUT2D eigenvalue weighted by molar-refractivity contribution is 6.32. The largest absolute Gasteiger partial charge is 0.508 e. The zero-order valence-corrected chi connectivity index (χ0v) is 8.17. The van der Waals surface area contributed by atoms with Crippen molar-refractivity contribution in [2.75, 3.05) is 13.6 Å². The first kappa shape index (κ1) is 10.1. The molecule has 0 fully saturated rings. The van der Waals surface area contributed by atoms with Crippen LogP contribution in [0.3, 0.4) is 0 Å². The fourth-order valence-corrected chi connectivity index (χ4v) is 1.14. The third kappa shape index (κ3) is 3.09. The third-order valence-corrected chi connectivity index (χ3v) is 1.94. The summed E-state index contributed by atoms with van der Waals surface area (Å²) in [5.74, 6) is 0.230. The molecule has 0 aliphatic heterocycles. The molecule has 1 aromatic carbocycles. The highest BCUT2D eigenvalue weighted by atomic mass is 35.5. The van der Waals surface area contributed by atoms with E-state index in [1.807, 2.05) is 19.2 Å². The first-order valence-corrected chi connectivity index (χ1v) is 4.41. The van der Waals surface area contributed by atoms with E-state index in [1.54, 1.807) is 18.2 Å². The Balaban J connectivity index is 2.81. The van der Waals surface area contributed by atoms with Gasteiger partial charge in [0.15, 0.2) is 0 Å². The molecule has 0 atom stereocenters. The Labute approximate surface area is 82.8 Å². The zero-order valence-electron chi connectivity index (χ0n) is 7.42. The van der Waals surface area contributed by atoms with E-state index in [-0.39, 0.29) is 5.75 Å². The Morgan fingerprint density at radius 1 is 1.54 bits per heavy atom. The van der Waals surface area contributed by atoms with E-state index in [0.717, 1.165) is 12.1 Å². The van der Waals surface area contributed by atoms with E-state index in [9.17, 15) is 5.11 Å². The van der Waals surface area contributed by atoms with Gasteiger partial charge in [0.25, 0.3) is 0 Å². The summed E-state index contributed by atoms with van der Waals surface area (Å²) in [6.07, 6.45) is 3.82. The number of aromatic hydroxyl groups is 1. The number of nitrogens with one attached hydrogen (secondary N) is 1. The maximum atomic E-state index is 9.19. The summed E-state index contributed by atoms with van der Waals surface area (Å²) in [6, 6.07) is 4.88. The first-order chi connectivity index (χ1) is 6.24. The van der Waals surface area contributed by atoms with Crippen molar-refractivity contribution in [2.45, 2.75) is 0 Å². The van der Waals surface area contributed by atoms with Crippen molar-refractivity contribution in [1.29, 1.82) is 0 Å². The molecule has 3 heteroatoms. The van der Waals surface area contributed by atoms with E-state index in [2.05, 4.69) is 5.32 Å². The maximum absolute atomic E-state index is 9.19. The Kier molecular flexibility index (Phi) is 3.80. The number of rotatable bonds is 3. The van der Waals surface area contributed by atoms with E-state index >= 15 is 0 Å². The van der Waals surface area contributed by atoms with Gasteiger partial charge in [-0.25, -0.2) is 0 Å². The SMILES string of the molecule is CNCC=Cc1cc(O)ccc1Cl. The Morgan fingerprint density at radius 3 is 3.00 bits per heavy atom. The molecule has 70 valence electrons. The predicted octanol–water partition coefficient (Wildman–Crippen LogP) is 2.28. The molecule has 1 rings (SSSR count). The Morgan fingerprint density at radius 2 is 2.31 bits per heavy atom. The molecule has 0 aliphatic rings. The van der Waals surface area contributed by atoms with Crippen molar-refractivity contribution in [2.24, 2.45) is 0 Å². The molecule has 0 aromatic heterocycles. The second-order valence-electron chi connectivity index (χ2n) is 2.67. The number of halogens is 1. The summed E-state index contributed by atoms with van der Waals surface area (Å²) in [6.45, 7) is 0.784. The molecule has 0 saturated heterocycles. The lowest BCUT2D eigenvalue weighted by Crippen LogP contribution is -2.03. The molecule has 0 unspecified atom stereocenters. The van der Waals surface area contributed by atoms with Gasteiger partial charge in [0.2, 0.25) is 0 Å². The van der Waals surface area contributed by atoms with Gasteiger partial charge in [-0.05, 0) is 30.8 Å².